The Morgan fingerprint density at radius 3 is 2.48 bits per heavy atom. The normalized spacial score (nSPS) is 21.3. The Bertz CT molecular complexity index is 664. The molecule has 1 heterocycles. The third-order valence-corrected chi connectivity index (χ3v) is 4.36. The molecule has 0 aromatic heterocycles. The van der Waals surface area contributed by atoms with Crippen LogP contribution in [0, 0.1) is 10.1 Å². The van der Waals surface area contributed by atoms with Gasteiger partial charge in [-0.1, -0.05) is 0 Å². The van der Waals surface area contributed by atoms with E-state index < -0.39 is 11.2 Å². The van der Waals surface area contributed by atoms with Crippen LogP contribution in [-0.4, -0.2) is 21.8 Å². The molecule has 3 rings (SSSR count). The zero-order chi connectivity index (χ0) is 16.6. The highest BCUT2D eigenvalue weighted by atomic mass is 16.6. The summed E-state index contributed by atoms with van der Waals surface area (Å²) in [6, 6.07) is 6.22. The van der Waals surface area contributed by atoms with E-state index in [0.29, 0.717) is 0 Å². The van der Waals surface area contributed by atoms with Crippen LogP contribution in [0.25, 0.3) is 0 Å². The molecule has 1 atom stereocenters. The SMILES string of the molecule is CC(C)N1C(=O)C2=C(CCCC2)OC1c1ccc([N+](=O)[O-])cc1. The number of amides is 1. The van der Waals surface area contributed by atoms with Crippen molar-refractivity contribution in [1.82, 2.24) is 4.90 Å². The lowest BCUT2D eigenvalue weighted by Crippen LogP contribution is -2.45. The van der Waals surface area contributed by atoms with Crippen molar-refractivity contribution < 1.29 is 14.5 Å². The van der Waals surface area contributed by atoms with Crippen molar-refractivity contribution in [3.05, 3.63) is 51.3 Å². The third kappa shape index (κ3) is 2.81. The average Bonchev–Trinajstić information content (AvgIpc) is 2.54. The van der Waals surface area contributed by atoms with Gasteiger partial charge in [-0.15, -0.1) is 0 Å². The first kappa shape index (κ1) is 15.5. The quantitative estimate of drug-likeness (QED) is 0.630. The Hall–Kier alpha value is -2.37. The summed E-state index contributed by atoms with van der Waals surface area (Å²) in [5.74, 6) is 0.825. The summed E-state index contributed by atoms with van der Waals surface area (Å²) in [6.45, 7) is 3.90. The molecule has 0 spiro atoms. The van der Waals surface area contributed by atoms with Crippen molar-refractivity contribution in [2.75, 3.05) is 0 Å². The minimum absolute atomic E-state index is 0.0151. The molecular weight excluding hydrogens is 296 g/mol. The minimum atomic E-state index is -0.514. The van der Waals surface area contributed by atoms with Crippen LogP contribution >= 0.6 is 0 Å². The van der Waals surface area contributed by atoms with Crippen LogP contribution in [0.1, 0.15) is 51.3 Å². The summed E-state index contributed by atoms with van der Waals surface area (Å²) in [5, 5.41) is 10.8. The van der Waals surface area contributed by atoms with Gasteiger partial charge in [-0.2, -0.15) is 0 Å². The van der Waals surface area contributed by atoms with Crippen LogP contribution in [0.4, 0.5) is 5.69 Å². The van der Waals surface area contributed by atoms with E-state index in [1.54, 1.807) is 17.0 Å². The van der Waals surface area contributed by atoms with Gasteiger partial charge in [0.2, 0.25) is 6.23 Å². The number of carbonyl (C=O) groups is 1. The van der Waals surface area contributed by atoms with E-state index in [9.17, 15) is 14.9 Å². The first-order valence-electron chi connectivity index (χ1n) is 7.94. The number of rotatable bonds is 3. The van der Waals surface area contributed by atoms with Gasteiger partial charge in [-0.25, -0.2) is 0 Å². The van der Waals surface area contributed by atoms with E-state index in [4.69, 9.17) is 4.74 Å². The molecule has 1 aromatic rings. The number of allylic oxidation sites excluding steroid dienone is 1. The van der Waals surface area contributed by atoms with Crippen molar-refractivity contribution in [2.45, 2.75) is 51.8 Å². The molecule has 0 fully saturated rings. The summed E-state index contributed by atoms with van der Waals surface area (Å²) in [5.41, 5.74) is 1.59. The van der Waals surface area contributed by atoms with Crippen molar-refractivity contribution >= 4 is 11.6 Å². The van der Waals surface area contributed by atoms with Crippen molar-refractivity contribution in [3.63, 3.8) is 0 Å². The second-order valence-electron chi connectivity index (χ2n) is 6.23. The van der Waals surface area contributed by atoms with Crippen LogP contribution in [0.3, 0.4) is 0 Å². The predicted molar refractivity (Wildman–Crippen MR) is 84.4 cm³/mol. The maximum Gasteiger partial charge on any atom is 0.269 e. The van der Waals surface area contributed by atoms with Gasteiger partial charge in [0.15, 0.2) is 0 Å². The van der Waals surface area contributed by atoms with E-state index in [2.05, 4.69) is 0 Å². The van der Waals surface area contributed by atoms with Crippen LogP contribution < -0.4 is 0 Å². The monoisotopic (exact) mass is 316 g/mol. The minimum Gasteiger partial charge on any atom is -0.470 e. The van der Waals surface area contributed by atoms with Crippen LogP contribution in [0.15, 0.2) is 35.6 Å². The molecule has 0 radical (unpaired) electrons. The van der Waals surface area contributed by atoms with Crippen molar-refractivity contribution in [1.29, 1.82) is 0 Å². The molecule has 0 saturated carbocycles. The molecule has 23 heavy (non-hydrogen) atoms. The van der Waals surface area contributed by atoms with Crippen molar-refractivity contribution in [2.24, 2.45) is 0 Å². The number of hydrogen-bond acceptors (Lipinski definition) is 4. The number of ether oxygens (including phenoxy) is 1. The van der Waals surface area contributed by atoms with E-state index in [1.807, 2.05) is 13.8 Å². The fourth-order valence-electron chi connectivity index (χ4n) is 3.18. The highest BCUT2D eigenvalue weighted by Gasteiger charge is 2.38. The topological polar surface area (TPSA) is 72.7 Å². The standard InChI is InChI=1S/C17H20N2O4/c1-11(2)18-16(20)14-5-3-4-6-15(14)23-17(18)12-7-9-13(10-8-12)19(21)22/h7-11,17H,3-6H2,1-2H3. The van der Waals surface area contributed by atoms with Gasteiger partial charge in [0.1, 0.15) is 5.76 Å². The van der Waals surface area contributed by atoms with Gasteiger partial charge in [-0.3, -0.25) is 19.8 Å². The van der Waals surface area contributed by atoms with Gasteiger partial charge in [0.05, 0.1) is 10.5 Å². The largest absolute Gasteiger partial charge is 0.470 e. The molecule has 1 unspecified atom stereocenters. The van der Waals surface area contributed by atoms with E-state index >= 15 is 0 Å². The summed E-state index contributed by atoms with van der Waals surface area (Å²) >= 11 is 0. The molecule has 0 N–H and O–H groups in total. The molecule has 1 aromatic carbocycles. The van der Waals surface area contributed by atoms with Gasteiger partial charge in [-0.05, 0) is 45.2 Å². The predicted octanol–water partition coefficient (Wildman–Crippen LogP) is 3.69. The highest BCUT2D eigenvalue weighted by molar-refractivity contribution is 5.95. The number of benzene rings is 1. The average molecular weight is 316 g/mol. The smallest absolute Gasteiger partial charge is 0.269 e. The molecular formula is C17H20N2O4. The Morgan fingerprint density at radius 1 is 1.22 bits per heavy atom. The summed E-state index contributed by atoms with van der Waals surface area (Å²) in [7, 11) is 0. The number of non-ortho nitro benzene ring substituents is 1. The molecule has 1 aliphatic heterocycles. The highest BCUT2D eigenvalue weighted by Crippen LogP contribution is 2.39. The first-order valence-corrected chi connectivity index (χ1v) is 7.94. The molecule has 1 aliphatic carbocycles. The van der Waals surface area contributed by atoms with Gasteiger partial charge in [0, 0.05) is 30.2 Å². The zero-order valence-electron chi connectivity index (χ0n) is 13.3. The fraction of sp³-hybridized carbons (Fsp3) is 0.471. The van der Waals surface area contributed by atoms with E-state index in [-0.39, 0.29) is 17.6 Å². The molecule has 122 valence electrons. The lowest BCUT2D eigenvalue weighted by atomic mass is 9.94. The lowest BCUT2D eigenvalue weighted by molar-refractivity contribution is -0.384. The first-order chi connectivity index (χ1) is 11.0. The lowest BCUT2D eigenvalue weighted by Gasteiger charge is -2.41. The van der Waals surface area contributed by atoms with Gasteiger partial charge >= 0.3 is 0 Å². The summed E-state index contributed by atoms with van der Waals surface area (Å²) < 4.78 is 6.14. The maximum absolute atomic E-state index is 12.8. The molecule has 0 saturated heterocycles. The van der Waals surface area contributed by atoms with Gasteiger partial charge < -0.3 is 4.74 Å². The number of nitrogens with zero attached hydrogens (tertiary/aromatic N) is 2. The number of carbonyl (C=O) groups excluding carboxylic acids is 1. The Balaban J connectivity index is 1.97. The maximum atomic E-state index is 12.8. The third-order valence-electron chi connectivity index (χ3n) is 4.36. The molecule has 2 aliphatic rings. The molecule has 0 bridgehead atoms. The molecule has 1 amide bonds. The van der Waals surface area contributed by atoms with Crippen LogP contribution in [0.5, 0.6) is 0 Å². The van der Waals surface area contributed by atoms with E-state index in [0.717, 1.165) is 42.6 Å². The van der Waals surface area contributed by atoms with Gasteiger partial charge in [0.25, 0.3) is 11.6 Å². The Kier molecular flexibility index (Phi) is 4.07. The number of hydrogen-bond donors (Lipinski definition) is 0. The van der Waals surface area contributed by atoms with Crippen molar-refractivity contribution in [3.8, 4) is 0 Å². The molecule has 6 nitrogen and oxygen atoms in total. The number of nitro groups is 1. The Labute approximate surface area is 134 Å². The van der Waals surface area contributed by atoms with Crippen LogP contribution in [0.2, 0.25) is 0 Å². The Morgan fingerprint density at radius 2 is 1.87 bits per heavy atom. The second-order valence-corrected chi connectivity index (χ2v) is 6.23. The summed E-state index contributed by atoms with van der Waals surface area (Å²) in [4.78, 5) is 24.9. The zero-order valence-corrected chi connectivity index (χ0v) is 13.3. The van der Waals surface area contributed by atoms with Crippen LogP contribution in [-0.2, 0) is 9.53 Å². The fourth-order valence-corrected chi connectivity index (χ4v) is 3.18. The van der Waals surface area contributed by atoms with E-state index in [1.165, 1.54) is 12.1 Å². The number of nitro benzene ring substituents is 1. The molecule has 6 heteroatoms. The second kappa shape index (κ2) is 6.02. The summed E-state index contributed by atoms with van der Waals surface area (Å²) in [6.07, 6.45) is 3.09.